The standard InChI is InChI=1S/C9H14O5/c1-5(10)4-9(2,3)6(7(11)12)8(13)14/h6H,4H2,1-3H3,(H,11,12)(H,13,14). The van der Waals surface area contributed by atoms with Gasteiger partial charge in [0.1, 0.15) is 5.78 Å². The van der Waals surface area contributed by atoms with Crippen LogP contribution in [0.25, 0.3) is 0 Å². The predicted molar refractivity (Wildman–Crippen MR) is 47.8 cm³/mol. The minimum Gasteiger partial charge on any atom is -0.481 e. The smallest absolute Gasteiger partial charge is 0.318 e. The predicted octanol–water partition coefficient (Wildman–Crippen LogP) is 0.777. The van der Waals surface area contributed by atoms with Crippen LogP contribution < -0.4 is 0 Å². The van der Waals surface area contributed by atoms with Crippen molar-refractivity contribution in [1.29, 1.82) is 0 Å². The van der Waals surface area contributed by atoms with Crippen LogP contribution in [0.15, 0.2) is 0 Å². The van der Waals surface area contributed by atoms with Gasteiger partial charge >= 0.3 is 11.9 Å². The van der Waals surface area contributed by atoms with Gasteiger partial charge in [-0.3, -0.25) is 9.59 Å². The van der Waals surface area contributed by atoms with Crippen molar-refractivity contribution in [3.8, 4) is 0 Å². The van der Waals surface area contributed by atoms with E-state index in [1.165, 1.54) is 20.8 Å². The normalized spacial score (nSPS) is 11.4. The van der Waals surface area contributed by atoms with E-state index in [-0.39, 0.29) is 12.2 Å². The van der Waals surface area contributed by atoms with Gasteiger partial charge in [0.2, 0.25) is 0 Å². The van der Waals surface area contributed by atoms with Gasteiger partial charge in [-0.25, -0.2) is 0 Å². The summed E-state index contributed by atoms with van der Waals surface area (Å²) in [5.74, 6) is -4.60. The van der Waals surface area contributed by atoms with Crippen molar-refractivity contribution < 1.29 is 24.6 Å². The second-order valence-electron chi connectivity index (χ2n) is 3.98. The van der Waals surface area contributed by atoms with Crippen molar-refractivity contribution in [2.24, 2.45) is 11.3 Å². The van der Waals surface area contributed by atoms with Crippen LogP contribution in [0.2, 0.25) is 0 Å². The van der Waals surface area contributed by atoms with Crippen LogP contribution in [0, 0.1) is 11.3 Å². The summed E-state index contributed by atoms with van der Waals surface area (Å²) in [5, 5.41) is 17.4. The molecule has 5 heteroatoms. The third-order valence-corrected chi connectivity index (χ3v) is 1.98. The molecule has 0 bridgehead atoms. The fraction of sp³-hybridized carbons (Fsp3) is 0.667. The van der Waals surface area contributed by atoms with Gasteiger partial charge < -0.3 is 15.0 Å². The number of ketones is 1. The fourth-order valence-corrected chi connectivity index (χ4v) is 1.52. The Kier molecular flexibility index (Phi) is 3.80. The van der Waals surface area contributed by atoms with Crippen molar-refractivity contribution in [2.45, 2.75) is 27.2 Å². The Labute approximate surface area is 81.7 Å². The first kappa shape index (κ1) is 12.6. The lowest BCUT2D eigenvalue weighted by Gasteiger charge is -2.27. The summed E-state index contributed by atoms with van der Waals surface area (Å²) < 4.78 is 0. The fourth-order valence-electron chi connectivity index (χ4n) is 1.52. The summed E-state index contributed by atoms with van der Waals surface area (Å²) in [7, 11) is 0. The maximum absolute atomic E-state index is 10.8. The van der Waals surface area contributed by atoms with Crippen LogP contribution in [0.5, 0.6) is 0 Å². The van der Waals surface area contributed by atoms with Crippen LogP contribution in [0.4, 0.5) is 0 Å². The average Bonchev–Trinajstić information content (AvgIpc) is 1.77. The van der Waals surface area contributed by atoms with Gasteiger partial charge in [-0.2, -0.15) is 0 Å². The van der Waals surface area contributed by atoms with Gasteiger partial charge in [-0.1, -0.05) is 13.8 Å². The maximum Gasteiger partial charge on any atom is 0.318 e. The summed E-state index contributed by atoms with van der Waals surface area (Å²) in [5.41, 5.74) is -1.07. The molecule has 0 rings (SSSR count). The van der Waals surface area contributed by atoms with Crippen molar-refractivity contribution in [2.75, 3.05) is 0 Å². The minimum absolute atomic E-state index is 0.0593. The van der Waals surface area contributed by atoms with E-state index in [0.29, 0.717) is 0 Å². The molecule has 80 valence electrons. The molecule has 0 radical (unpaired) electrons. The van der Waals surface area contributed by atoms with Gasteiger partial charge in [-0.15, -0.1) is 0 Å². The van der Waals surface area contributed by atoms with E-state index in [1.807, 2.05) is 0 Å². The zero-order valence-electron chi connectivity index (χ0n) is 8.40. The molecule has 0 amide bonds. The molecule has 0 saturated heterocycles. The number of rotatable bonds is 5. The van der Waals surface area contributed by atoms with Crippen LogP contribution in [0.1, 0.15) is 27.2 Å². The first-order chi connectivity index (χ1) is 6.18. The Hall–Kier alpha value is -1.39. The highest BCUT2D eigenvalue weighted by molar-refractivity contribution is 5.94. The van der Waals surface area contributed by atoms with E-state index in [9.17, 15) is 14.4 Å². The number of carbonyl (C=O) groups is 3. The molecular weight excluding hydrogens is 188 g/mol. The molecule has 0 fully saturated rings. The monoisotopic (exact) mass is 202 g/mol. The van der Waals surface area contributed by atoms with Crippen molar-refractivity contribution in [3.63, 3.8) is 0 Å². The molecule has 0 saturated carbocycles. The zero-order valence-corrected chi connectivity index (χ0v) is 8.40. The Morgan fingerprint density at radius 2 is 1.50 bits per heavy atom. The number of carbonyl (C=O) groups excluding carboxylic acids is 1. The Balaban J connectivity index is 4.89. The highest BCUT2D eigenvalue weighted by Gasteiger charge is 2.41. The summed E-state index contributed by atoms with van der Waals surface area (Å²) in [6.45, 7) is 4.23. The quantitative estimate of drug-likeness (QED) is 0.642. The maximum atomic E-state index is 10.8. The van der Waals surface area contributed by atoms with Crippen molar-refractivity contribution >= 4 is 17.7 Å². The molecule has 2 N–H and O–H groups in total. The largest absolute Gasteiger partial charge is 0.481 e. The molecule has 0 aromatic rings. The third kappa shape index (κ3) is 3.16. The van der Waals surface area contributed by atoms with Crippen LogP contribution in [-0.4, -0.2) is 27.9 Å². The number of carboxylic acid groups (broad SMARTS) is 2. The van der Waals surface area contributed by atoms with Crippen molar-refractivity contribution in [1.82, 2.24) is 0 Å². The van der Waals surface area contributed by atoms with Crippen LogP contribution >= 0.6 is 0 Å². The molecule has 5 nitrogen and oxygen atoms in total. The van der Waals surface area contributed by atoms with E-state index in [4.69, 9.17) is 10.2 Å². The zero-order chi connectivity index (χ0) is 11.5. The molecule has 0 unspecified atom stereocenters. The van der Waals surface area contributed by atoms with Crippen LogP contribution in [0.3, 0.4) is 0 Å². The van der Waals surface area contributed by atoms with E-state index >= 15 is 0 Å². The number of carboxylic acids is 2. The molecule has 0 spiro atoms. The second kappa shape index (κ2) is 4.21. The van der Waals surface area contributed by atoms with Gasteiger partial charge in [0.25, 0.3) is 0 Å². The lowest BCUT2D eigenvalue weighted by atomic mass is 9.75. The van der Waals surface area contributed by atoms with E-state index in [1.54, 1.807) is 0 Å². The number of aliphatic carboxylic acids is 2. The van der Waals surface area contributed by atoms with E-state index < -0.39 is 23.3 Å². The Morgan fingerprint density at radius 1 is 1.14 bits per heavy atom. The highest BCUT2D eigenvalue weighted by Crippen LogP contribution is 2.31. The molecule has 0 aliphatic heterocycles. The number of hydrogen-bond donors (Lipinski definition) is 2. The Morgan fingerprint density at radius 3 is 1.71 bits per heavy atom. The summed E-state index contributed by atoms with van der Waals surface area (Å²) in [6.07, 6.45) is -0.0593. The Bertz CT molecular complexity index is 252. The molecule has 0 aliphatic carbocycles. The molecule has 0 aliphatic rings. The first-order valence-corrected chi connectivity index (χ1v) is 4.13. The molecule has 0 aromatic carbocycles. The van der Waals surface area contributed by atoms with Gasteiger partial charge in [0, 0.05) is 6.42 Å². The highest BCUT2D eigenvalue weighted by atomic mass is 16.4. The van der Waals surface area contributed by atoms with Crippen molar-refractivity contribution in [3.05, 3.63) is 0 Å². The van der Waals surface area contributed by atoms with Crippen LogP contribution in [-0.2, 0) is 14.4 Å². The second-order valence-corrected chi connectivity index (χ2v) is 3.98. The summed E-state index contributed by atoms with van der Waals surface area (Å²) in [6, 6.07) is 0. The molecular formula is C9H14O5. The summed E-state index contributed by atoms with van der Waals surface area (Å²) >= 11 is 0. The SMILES string of the molecule is CC(=O)CC(C)(C)C(C(=O)O)C(=O)O. The molecule has 14 heavy (non-hydrogen) atoms. The summed E-state index contributed by atoms with van der Waals surface area (Å²) in [4.78, 5) is 32.2. The molecule has 0 atom stereocenters. The van der Waals surface area contributed by atoms with E-state index in [2.05, 4.69) is 0 Å². The molecule has 0 aromatic heterocycles. The topological polar surface area (TPSA) is 91.7 Å². The van der Waals surface area contributed by atoms with Gasteiger partial charge in [0.05, 0.1) is 0 Å². The van der Waals surface area contributed by atoms with Gasteiger partial charge in [0.15, 0.2) is 5.92 Å². The lowest BCUT2D eigenvalue weighted by molar-refractivity contribution is -0.160. The first-order valence-electron chi connectivity index (χ1n) is 4.13. The minimum atomic E-state index is -1.55. The number of hydrogen-bond acceptors (Lipinski definition) is 3. The van der Waals surface area contributed by atoms with Gasteiger partial charge in [-0.05, 0) is 12.3 Å². The number of Topliss-reactive ketones (excluding diaryl/α,β-unsaturated/α-hetero) is 1. The molecule has 0 heterocycles. The van der Waals surface area contributed by atoms with E-state index in [0.717, 1.165) is 0 Å². The third-order valence-electron chi connectivity index (χ3n) is 1.98. The average molecular weight is 202 g/mol. The lowest BCUT2D eigenvalue weighted by Crippen LogP contribution is -2.38.